The van der Waals surface area contributed by atoms with E-state index in [9.17, 15) is 22.4 Å². The highest BCUT2D eigenvalue weighted by Gasteiger charge is 2.35. The molecule has 7 heteroatoms. The lowest BCUT2D eigenvalue weighted by molar-refractivity contribution is -0.139. The molecule has 1 N–H and O–H groups in total. The topological polar surface area (TPSA) is 50.2 Å². The molecule has 20 heavy (non-hydrogen) atoms. The summed E-state index contributed by atoms with van der Waals surface area (Å²) >= 11 is 0. The van der Waals surface area contributed by atoms with Gasteiger partial charge in [-0.1, -0.05) is 18.2 Å². The summed E-state index contributed by atoms with van der Waals surface area (Å²) < 4.78 is 51.9. The van der Waals surface area contributed by atoms with E-state index in [2.05, 4.69) is 4.98 Å². The van der Waals surface area contributed by atoms with E-state index in [0.29, 0.717) is 6.07 Å². The molecule has 2 rings (SSSR count). The molecule has 104 valence electrons. The van der Waals surface area contributed by atoms with Crippen LogP contribution in [0.3, 0.4) is 0 Å². The number of hydrogen-bond donors (Lipinski definition) is 1. The monoisotopic (exact) mass is 285 g/mol. The van der Waals surface area contributed by atoms with E-state index in [-0.39, 0.29) is 5.56 Å². The van der Waals surface area contributed by atoms with E-state index >= 15 is 0 Å². The highest BCUT2D eigenvalue weighted by Crippen LogP contribution is 2.36. The number of aromatic nitrogens is 1. The zero-order valence-electron chi connectivity index (χ0n) is 9.78. The summed E-state index contributed by atoms with van der Waals surface area (Å²) in [5, 5.41) is 8.94. The van der Waals surface area contributed by atoms with Gasteiger partial charge < -0.3 is 5.11 Å². The predicted molar refractivity (Wildman–Crippen MR) is 61.6 cm³/mol. The van der Waals surface area contributed by atoms with Gasteiger partial charge in [0, 0.05) is 17.3 Å². The van der Waals surface area contributed by atoms with Crippen LogP contribution < -0.4 is 0 Å². The van der Waals surface area contributed by atoms with Crippen LogP contribution in [0.2, 0.25) is 0 Å². The second-order valence-electron chi connectivity index (χ2n) is 3.87. The van der Waals surface area contributed by atoms with Crippen LogP contribution >= 0.6 is 0 Å². The number of halogens is 4. The van der Waals surface area contributed by atoms with E-state index in [1.807, 2.05) is 0 Å². The van der Waals surface area contributed by atoms with E-state index in [1.54, 1.807) is 0 Å². The molecule has 0 radical (unpaired) electrons. The summed E-state index contributed by atoms with van der Waals surface area (Å²) in [6.07, 6.45) is -3.69. The lowest BCUT2D eigenvalue weighted by Gasteiger charge is -2.12. The van der Waals surface area contributed by atoms with Crippen molar-refractivity contribution >= 4 is 5.97 Å². The molecule has 2 aromatic rings. The zero-order valence-corrected chi connectivity index (χ0v) is 9.78. The lowest BCUT2D eigenvalue weighted by atomic mass is 10.0. The Morgan fingerprint density at radius 3 is 2.35 bits per heavy atom. The Labute approximate surface area is 110 Å². The van der Waals surface area contributed by atoms with Gasteiger partial charge in [0.1, 0.15) is 5.82 Å². The number of alkyl halides is 3. The molecule has 0 unspecified atom stereocenters. The van der Waals surface area contributed by atoms with Crippen molar-refractivity contribution in [2.75, 3.05) is 0 Å². The highest BCUT2D eigenvalue weighted by molar-refractivity contribution is 5.93. The van der Waals surface area contributed by atoms with E-state index in [1.165, 1.54) is 18.3 Å². The van der Waals surface area contributed by atoms with Crippen LogP contribution in [-0.4, -0.2) is 16.1 Å². The Bertz CT molecular complexity index is 668. The van der Waals surface area contributed by atoms with Crippen LogP contribution in [0.5, 0.6) is 0 Å². The van der Waals surface area contributed by atoms with Gasteiger partial charge in [0.2, 0.25) is 0 Å². The number of rotatable bonds is 2. The molecule has 0 atom stereocenters. The number of carbonyl (C=O) groups is 1. The molecular weight excluding hydrogens is 278 g/mol. The number of carboxylic acid groups (broad SMARTS) is 1. The Hall–Kier alpha value is -2.44. The molecule has 0 bridgehead atoms. The molecule has 0 saturated heterocycles. The molecular formula is C13H7F4NO2. The zero-order chi connectivity index (χ0) is 14.9. The van der Waals surface area contributed by atoms with Crippen molar-refractivity contribution in [1.82, 2.24) is 4.98 Å². The number of pyridine rings is 1. The standard InChI is InChI=1S/C13H7F4NO2/c14-10-7(3-1-5-9(10)13(15,16)17)8-4-2-6-18-11(8)12(19)20/h1-6H,(H,19,20). The number of nitrogens with zero attached hydrogens (tertiary/aromatic N) is 1. The Morgan fingerprint density at radius 2 is 1.75 bits per heavy atom. The lowest BCUT2D eigenvalue weighted by Crippen LogP contribution is -2.10. The van der Waals surface area contributed by atoms with Crippen molar-refractivity contribution in [1.29, 1.82) is 0 Å². The first kappa shape index (κ1) is 14.0. The number of hydrogen-bond acceptors (Lipinski definition) is 2. The van der Waals surface area contributed by atoms with Crippen LogP contribution in [0.1, 0.15) is 16.1 Å². The summed E-state index contributed by atoms with van der Waals surface area (Å²) in [7, 11) is 0. The normalized spacial score (nSPS) is 11.4. The average molecular weight is 285 g/mol. The highest BCUT2D eigenvalue weighted by atomic mass is 19.4. The quantitative estimate of drug-likeness (QED) is 0.858. The number of benzene rings is 1. The largest absolute Gasteiger partial charge is 0.476 e. The molecule has 0 spiro atoms. The maximum atomic E-state index is 14.0. The van der Waals surface area contributed by atoms with Gasteiger partial charge in [-0.15, -0.1) is 0 Å². The summed E-state index contributed by atoms with van der Waals surface area (Å²) in [5.74, 6) is -2.96. The molecule has 0 aliphatic heterocycles. The molecule has 1 aromatic heterocycles. The van der Waals surface area contributed by atoms with Crippen molar-refractivity contribution < 1.29 is 27.5 Å². The van der Waals surface area contributed by atoms with Crippen molar-refractivity contribution in [2.45, 2.75) is 6.18 Å². The molecule has 1 heterocycles. The van der Waals surface area contributed by atoms with Gasteiger partial charge in [-0.3, -0.25) is 0 Å². The minimum atomic E-state index is -4.86. The van der Waals surface area contributed by atoms with Crippen LogP contribution in [0.25, 0.3) is 11.1 Å². The van der Waals surface area contributed by atoms with Crippen molar-refractivity contribution in [2.24, 2.45) is 0 Å². The summed E-state index contributed by atoms with van der Waals surface area (Å²) in [4.78, 5) is 14.5. The van der Waals surface area contributed by atoms with Crippen LogP contribution in [-0.2, 0) is 6.18 Å². The Kier molecular flexibility index (Phi) is 3.44. The molecule has 1 aromatic carbocycles. The van der Waals surface area contributed by atoms with Gasteiger partial charge in [0.25, 0.3) is 0 Å². The van der Waals surface area contributed by atoms with Gasteiger partial charge >= 0.3 is 12.1 Å². The van der Waals surface area contributed by atoms with Crippen molar-refractivity contribution in [3.63, 3.8) is 0 Å². The molecule has 0 amide bonds. The SMILES string of the molecule is O=C(O)c1ncccc1-c1cccc(C(F)(F)F)c1F. The Balaban J connectivity index is 2.69. The molecule has 0 aliphatic rings. The van der Waals surface area contributed by atoms with E-state index < -0.39 is 34.8 Å². The number of aromatic carboxylic acids is 1. The maximum Gasteiger partial charge on any atom is 0.419 e. The summed E-state index contributed by atoms with van der Waals surface area (Å²) in [6, 6.07) is 5.21. The second kappa shape index (κ2) is 4.92. The predicted octanol–water partition coefficient (Wildman–Crippen LogP) is 3.60. The van der Waals surface area contributed by atoms with Gasteiger partial charge in [-0.05, 0) is 12.1 Å². The fourth-order valence-electron chi connectivity index (χ4n) is 1.75. The Morgan fingerprint density at radius 1 is 1.10 bits per heavy atom. The third-order valence-electron chi connectivity index (χ3n) is 2.60. The van der Waals surface area contributed by atoms with Crippen LogP contribution in [0.15, 0.2) is 36.5 Å². The second-order valence-corrected chi connectivity index (χ2v) is 3.87. The average Bonchev–Trinajstić information content (AvgIpc) is 2.37. The summed E-state index contributed by atoms with van der Waals surface area (Å²) in [5.41, 5.74) is -2.62. The number of carboxylic acids is 1. The molecule has 3 nitrogen and oxygen atoms in total. The minimum Gasteiger partial charge on any atom is -0.476 e. The third-order valence-corrected chi connectivity index (χ3v) is 2.60. The van der Waals surface area contributed by atoms with E-state index in [4.69, 9.17) is 5.11 Å². The molecule has 0 fully saturated rings. The van der Waals surface area contributed by atoms with Crippen molar-refractivity contribution in [3.8, 4) is 11.1 Å². The fraction of sp³-hybridized carbons (Fsp3) is 0.0769. The summed E-state index contributed by atoms with van der Waals surface area (Å²) in [6.45, 7) is 0. The minimum absolute atomic E-state index is 0.205. The fourth-order valence-corrected chi connectivity index (χ4v) is 1.75. The van der Waals surface area contributed by atoms with Crippen molar-refractivity contribution in [3.05, 3.63) is 53.6 Å². The van der Waals surface area contributed by atoms with E-state index in [0.717, 1.165) is 12.1 Å². The first-order valence-electron chi connectivity index (χ1n) is 5.36. The first-order valence-corrected chi connectivity index (χ1v) is 5.36. The van der Waals surface area contributed by atoms with Gasteiger partial charge in [-0.2, -0.15) is 13.2 Å². The molecule has 0 aliphatic carbocycles. The van der Waals surface area contributed by atoms with Crippen LogP contribution in [0.4, 0.5) is 17.6 Å². The van der Waals surface area contributed by atoms with Gasteiger partial charge in [0.15, 0.2) is 5.69 Å². The molecule has 0 saturated carbocycles. The van der Waals surface area contributed by atoms with Gasteiger partial charge in [-0.25, -0.2) is 14.2 Å². The smallest absolute Gasteiger partial charge is 0.419 e. The maximum absolute atomic E-state index is 14.0. The first-order chi connectivity index (χ1) is 9.32. The third kappa shape index (κ3) is 2.47. The van der Waals surface area contributed by atoms with Gasteiger partial charge in [0.05, 0.1) is 5.56 Å². The van der Waals surface area contributed by atoms with Crippen LogP contribution in [0, 0.1) is 5.82 Å².